The minimum atomic E-state index is -3.79. The molecule has 0 saturated heterocycles. The van der Waals surface area contributed by atoms with Crippen LogP contribution in [0.2, 0.25) is 0 Å². The van der Waals surface area contributed by atoms with Crippen LogP contribution in [-0.2, 0) is 14.8 Å². The van der Waals surface area contributed by atoms with Crippen molar-refractivity contribution >= 4 is 15.7 Å². The molecule has 0 amide bonds. The van der Waals surface area contributed by atoms with Gasteiger partial charge in [0.15, 0.2) is 0 Å². The van der Waals surface area contributed by atoms with Gasteiger partial charge in [-0.1, -0.05) is 0 Å². The summed E-state index contributed by atoms with van der Waals surface area (Å²) in [6.45, 7) is 9.04. The highest BCUT2D eigenvalue weighted by Crippen LogP contribution is 2.27. The van der Waals surface area contributed by atoms with Crippen molar-refractivity contribution in [3.05, 3.63) is 23.0 Å². The highest BCUT2D eigenvalue weighted by Gasteiger charge is 2.26. The number of nitrogens with one attached hydrogen (secondary N) is 1. The van der Waals surface area contributed by atoms with Gasteiger partial charge >= 0.3 is 0 Å². The number of nitrogens with two attached hydrogens (primary N) is 1. The molecule has 0 spiro atoms. The second kappa shape index (κ2) is 6.29. The molecule has 0 saturated carbocycles. The third kappa shape index (κ3) is 4.15. The summed E-state index contributed by atoms with van der Waals surface area (Å²) < 4.78 is 46.4. The van der Waals surface area contributed by atoms with E-state index in [0.29, 0.717) is 12.2 Å². The van der Waals surface area contributed by atoms with Gasteiger partial charge in [0.25, 0.3) is 0 Å². The van der Waals surface area contributed by atoms with E-state index in [1.807, 2.05) is 6.92 Å². The summed E-state index contributed by atoms with van der Waals surface area (Å²) >= 11 is 0. The SMILES string of the molecule is CCOC(C)(C)CNS(=O)(=O)c1c(C)cc(F)c(N)c1C. The fourth-order valence-electron chi connectivity index (χ4n) is 2.13. The molecule has 7 heteroatoms. The van der Waals surface area contributed by atoms with Gasteiger partial charge in [-0.05, 0) is 51.8 Å². The Morgan fingerprint density at radius 2 is 1.95 bits per heavy atom. The first-order valence-corrected chi connectivity index (χ1v) is 8.19. The maximum absolute atomic E-state index is 13.5. The van der Waals surface area contributed by atoms with Gasteiger partial charge in [0.1, 0.15) is 5.82 Å². The first-order chi connectivity index (χ1) is 9.52. The Morgan fingerprint density at radius 3 is 2.48 bits per heavy atom. The van der Waals surface area contributed by atoms with Crippen LogP contribution in [0.1, 0.15) is 31.9 Å². The van der Waals surface area contributed by atoms with Crippen molar-refractivity contribution in [2.45, 2.75) is 45.1 Å². The molecule has 0 aromatic heterocycles. The summed E-state index contributed by atoms with van der Waals surface area (Å²) in [7, 11) is -3.79. The number of halogens is 1. The van der Waals surface area contributed by atoms with Crippen molar-refractivity contribution in [3.8, 4) is 0 Å². The molecule has 1 rings (SSSR count). The smallest absolute Gasteiger partial charge is 0.241 e. The Kier molecular flexibility index (Phi) is 5.35. The predicted octanol–water partition coefficient (Wildman–Crippen LogP) is 2.12. The topological polar surface area (TPSA) is 81.4 Å². The Morgan fingerprint density at radius 1 is 1.38 bits per heavy atom. The van der Waals surface area contributed by atoms with Gasteiger partial charge < -0.3 is 10.5 Å². The standard InChI is InChI=1S/C14H23FN2O3S/c1-6-20-14(4,5)8-17-21(18,19)13-9(2)7-11(15)12(16)10(13)3/h7,17H,6,8,16H2,1-5H3. The third-order valence-corrected chi connectivity index (χ3v) is 4.88. The number of nitrogen functional groups attached to an aromatic ring is 1. The molecule has 5 nitrogen and oxygen atoms in total. The zero-order chi connectivity index (χ0) is 16.4. The summed E-state index contributed by atoms with van der Waals surface area (Å²) in [4.78, 5) is 0.0219. The Hall–Kier alpha value is -1.18. The Bertz CT molecular complexity index is 628. The van der Waals surface area contributed by atoms with Crippen LogP contribution in [-0.4, -0.2) is 27.2 Å². The summed E-state index contributed by atoms with van der Waals surface area (Å²) in [6.07, 6.45) is 0. The van der Waals surface area contributed by atoms with Crippen molar-refractivity contribution in [1.82, 2.24) is 4.72 Å². The fourth-order valence-corrected chi connectivity index (χ4v) is 3.80. The maximum atomic E-state index is 13.5. The molecule has 120 valence electrons. The van der Waals surface area contributed by atoms with Crippen LogP contribution in [0, 0.1) is 19.7 Å². The second-order valence-electron chi connectivity index (χ2n) is 5.56. The number of benzene rings is 1. The summed E-state index contributed by atoms with van der Waals surface area (Å²) in [5.41, 5.74) is 5.35. The molecule has 0 aliphatic heterocycles. The Balaban J connectivity index is 3.13. The molecule has 1 aromatic rings. The summed E-state index contributed by atoms with van der Waals surface area (Å²) in [6, 6.07) is 1.13. The molecule has 1 aromatic carbocycles. The summed E-state index contributed by atoms with van der Waals surface area (Å²) in [5.74, 6) is -0.612. The van der Waals surface area contributed by atoms with Gasteiger partial charge in [-0.15, -0.1) is 0 Å². The van der Waals surface area contributed by atoms with E-state index >= 15 is 0 Å². The van der Waals surface area contributed by atoms with Crippen LogP contribution in [0.15, 0.2) is 11.0 Å². The quantitative estimate of drug-likeness (QED) is 0.787. The minimum Gasteiger partial charge on any atom is -0.396 e. The largest absolute Gasteiger partial charge is 0.396 e. The number of hydrogen-bond acceptors (Lipinski definition) is 4. The van der Waals surface area contributed by atoms with Crippen LogP contribution in [0.3, 0.4) is 0 Å². The van der Waals surface area contributed by atoms with Crippen LogP contribution in [0.4, 0.5) is 10.1 Å². The first-order valence-electron chi connectivity index (χ1n) is 6.70. The monoisotopic (exact) mass is 318 g/mol. The second-order valence-corrected chi connectivity index (χ2v) is 7.26. The lowest BCUT2D eigenvalue weighted by molar-refractivity contribution is -0.00515. The van der Waals surface area contributed by atoms with Gasteiger partial charge in [-0.3, -0.25) is 0 Å². The van der Waals surface area contributed by atoms with Gasteiger partial charge in [0.2, 0.25) is 10.0 Å². The normalized spacial score (nSPS) is 12.7. The average Bonchev–Trinajstić information content (AvgIpc) is 2.34. The number of rotatable bonds is 6. The molecule has 3 N–H and O–H groups in total. The van der Waals surface area contributed by atoms with E-state index < -0.39 is 21.4 Å². The summed E-state index contributed by atoms with van der Waals surface area (Å²) in [5, 5.41) is 0. The molecule has 0 fully saturated rings. The van der Waals surface area contributed by atoms with Gasteiger partial charge in [0, 0.05) is 13.2 Å². The highest BCUT2D eigenvalue weighted by atomic mass is 32.2. The zero-order valence-electron chi connectivity index (χ0n) is 13.1. The van der Waals surface area contributed by atoms with Crippen molar-refractivity contribution in [1.29, 1.82) is 0 Å². The zero-order valence-corrected chi connectivity index (χ0v) is 13.9. The molecule has 0 heterocycles. The lowest BCUT2D eigenvalue weighted by Crippen LogP contribution is -2.40. The van der Waals surface area contributed by atoms with Crippen LogP contribution < -0.4 is 10.5 Å². The average molecular weight is 318 g/mol. The first kappa shape index (κ1) is 17.9. The molecule has 0 atom stereocenters. The van der Waals surface area contributed by atoms with Crippen molar-refractivity contribution in [2.75, 3.05) is 18.9 Å². The predicted molar refractivity (Wildman–Crippen MR) is 81.2 cm³/mol. The maximum Gasteiger partial charge on any atom is 0.241 e. The van der Waals surface area contributed by atoms with E-state index in [0.717, 1.165) is 6.07 Å². The molecular weight excluding hydrogens is 295 g/mol. The molecule has 0 aliphatic carbocycles. The van der Waals surface area contributed by atoms with Gasteiger partial charge in [-0.25, -0.2) is 17.5 Å². The number of ether oxygens (including phenoxy) is 1. The van der Waals surface area contributed by atoms with E-state index in [-0.39, 0.29) is 22.7 Å². The minimum absolute atomic E-state index is 0.0219. The fraction of sp³-hybridized carbons (Fsp3) is 0.571. The van der Waals surface area contributed by atoms with Gasteiger partial charge in [-0.2, -0.15) is 0 Å². The van der Waals surface area contributed by atoms with Gasteiger partial charge in [0.05, 0.1) is 16.2 Å². The van der Waals surface area contributed by atoms with Crippen molar-refractivity contribution in [2.24, 2.45) is 0 Å². The number of aryl methyl sites for hydroxylation is 1. The van der Waals surface area contributed by atoms with Crippen LogP contribution in [0.25, 0.3) is 0 Å². The van der Waals surface area contributed by atoms with E-state index in [9.17, 15) is 12.8 Å². The van der Waals surface area contributed by atoms with E-state index in [2.05, 4.69) is 4.72 Å². The van der Waals surface area contributed by atoms with E-state index in [1.54, 1.807) is 13.8 Å². The highest BCUT2D eigenvalue weighted by molar-refractivity contribution is 7.89. The Labute approximate surface area is 125 Å². The molecule has 21 heavy (non-hydrogen) atoms. The molecular formula is C14H23FN2O3S. The third-order valence-electron chi connectivity index (χ3n) is 3.20. The van der Waals surface area contributed by atoms with E-state index in [1.165, 1.54) is 13.8 Å². The van der Waals surface area contributed by atoms with Crippen LogP contribution >= 0.6 is 0 Å². The lowest BCUT2D eigenvalue weighted by Gasteiger charge is -2.25. The molecule has 0 bridgehead atoms. The molecule has 0 unspecified atom stereocenters. The lowest BCUT2D eigenvalue weighted by atomic mass is 10.1. The number of sulfonamides is 1. The van der Waals surface area contributed by atoms with Crippen molar-refractivity contribution in [3.63, 3.8) is 0 Å². The van der Waals surface area contributed by atoms with Crippen LogP contribution in [0.5, 0.6) is 0 Å². The molecule has 0 radical (unpaired) electrons. The number of anilines is 1. The number of hydrogen-bond donors (Lipinski definition) is 2. The van der Waals surface area contributed by atoms with E-state index in [4.69, 9.17) is 10.5 Å². The molecule has 0 aliphatic rings. The van der Waals surface area contributed by atoms with Crippen molar-refractivity contribution < 1.29 is 17.5 Å².